The van der Waals surface area contributed by atoms with Gasteiger partial charge in [-0.3, -0.25) is 9.59 Å². The molecule has 1 heterocycles. The van der Waals surface area contributed by atoms with Crippen LogP contribution in [0.2, 0.25) is 0 Å². The fraction of sp³-hybridized carbons (Fsp3) is 0.448. The maximum absolute atomic E-state index is 13.2. The van der Waals surface area contributed by atoms with E-state index in [-0.39, 0.29) is 11.3 Å². The summed E-state index contributed by atoms with van der Waals surface area (Å²) < 4.78 is 5.40. The number of unbranched alkanes of at least 4 members (excludes halogenated alkanes) is 2. The molecule has 0 bridgehead atoms. The Morgan fingerprint density at radius 3 is 2.23 bits per heavy atom. The van der Waals surface area contributed by atoms with Crippen LogP contribution in [0.1, 0.15) is 63.1 Å². The van der Waals surface area contributed by atoms with Crippen molar-refractivity contribution in [1.82, 2.24) is 9.80 Å². The van der Waals surface area contributed by atoms with Crippen molar-refractivity contribution < 1.29 is 19.4 Å². The lowest BCUT2D eigenvalue weighted by atomic mass is 9.95. The first-order chi connectivity index (χ1) is 17.0. The van der Waals surface area contributed by atoms with Gasteiger partial charge in [0, 0.05) is 12.1 Å². The molecule has 0 aromatic heterocycles. The molecule has 6 heteroatoms. The normalized spacial score (nSPS) is 17.4. The zero-order chi connectivity index (χ0) is 25.2. The first-order valence-electron chi connectivity index (χ1n) is 12.7. The predicted molar refractivity (Wildman–Crippen MR) is 139 cm³/mol. The van der Waals surface area contributed by atoms with Crippen molar-refractivity contribution in [3.63, 3.8) is 0 Å². The molecule has 1 aliphatic rings. The Morgan fingerprint density at radius 1 is 0.943 bits per heavy atom. The molecule has 35 heavy (non-hydrogen) atoms. The number of hydrogen-bond donors (Lipinski definition) is 1. The van der Waals surface area contributed by atoms with Crippen molar-refractivity contribution in [1.29, 1.82) is 0 Å². The van der Waals surface area contributed by atoms with Gasteiger partial charge in [-0.1, -0.05) is 69.2 Å². The number of carbonyl (C=O) groups is 2. The molecule has 3 rings (SSSR count). The molecule has 0 radical (unpaired) electrons. The van der Waals surface area contributed by atoms with Crippen molar-refractivity contribution in [2.45, 2.75) is 52.0 Å². The molecule has 1 saturated heterocycles. The van der Waals surface area contributed by atoms with Crippen molar-refractivity contribution in [2.24, 2.45) is 0 Å². The van der Waals surface area contributed by atoms with Crippen LogP contribution in [0.15, 0.2) is 60.2 Å². The maximum atomic E-state index is 13.2. The molecule has 1 amide bonds. The Morgan fingerprint density at radius 2 is 1.60 bits per heavy atom. The van der Waals surface area contributed by atoms with E-state index in [9.17, 15) is 14.7 Å². The Bertz CT molecular complexity index is 1010. The number of ether oxygens (including phenoxy) is 1. The van der Waals surface area contributed by atoms with Crippen LogP contribution < -0.4 is 4.74 Å². The third-order valence-electron chi connectivity index (χ3n) is 6.53. The molecular weight excluding hydrogens is 440 g/mol. The minimum atomic E-state index is -0.662. The van der Waals surface area contributed by atoms with Gasteiger partial charge in [0.1, 0.15) is 11.5 Å². The molecule has 2 aromatic carbocycles. The molecule has 0 unspecified atom stereocenters. The van der Waals surface area contributed by atoms with E-state index < -0.39 is 17.7 Å². The van der Waals surface area contributed by atoms with Crippen LogP contribution in [0.4, 0.5) is 0 Å². The van der Waals surface area contributed by atoms with Crippen molar-refractivity contribution in [3.05, 3.63) is 71.3 Å². The van der Waals surface area contributed by atoms with Crippen molar-refractivity contribution in [3.8, 4) is 5.75 Å². The van der Waals surface area contributed by atoms with Gasteiger partial charge in [-0.25, -0.2) is 0 Å². The number of carbonyl (C=O) groups excluding carboxylic acids is 2. The monoisotopic (exact) mass is 478 g/mol. The van der Waals surface area contributed by atoms with Crippen LogP contribution in [-0.4, -0.2) is 59.9 Å². The number of ketones is 1. The second-order valence-electron chi connectivity index (χ2n) is 9.04. The van der Waals surface area contributed by atoms with Gasteiger partial charge in [-0.2, -0.15) is 0 Å². The first-order valence-corrected chi connectivity index (χ1v) is 12.7. The van der Waals surface area contributed by atoms with Crippen molar-refractivity contribution in [2.75, 3.05) is 33.3 Å². The molecule has 1 atom stereocenters. The van der Waals surface area contributed by atoms with E-state index in [1.807, 2.05) is 30.3 Å². The molecular formula is C29H38N2O4. The number of Topliss-reactive ketones (excluding diaryl/α,β-unsaturated/α-hetero) is 1. The number of aliphatic hydroxyl groups excluding tert-OH is 1. The highest BCUT2D eigenvalue weighted by atomic mass is 16.5. The number of nitrogens with zero attached hydrogens (tertiary/aromatic N) is 2. The quantitative estimate of drug-likeness (QED) is 0.237. The fourth-order valence-electron chi connectivity index (χ4n) is 4.58. The topological polar surface area (TPSA) is 70.1 Å². The van der Waals surface area contributed by atoms with E-state index in [1.54, 1.807) is 36.3 Å². The van der Waals surface area contributed by atoms with E-state index in [0.29, 0.717) is 17.9 Å². The molecule has 1 aliphatic heterocycles. The number of methoxy groups -OCH3 is 1. The van der Waals surface area contributed by atoms with Gasteiger partial charge in [0.2, 0.25) is 0 Å². The molecule has 188 valence electrons. The van der Waals surface area contributed by atoms with Gasteiger partial charge in [0.25, 0.3) is 11.7 Å². The average Bonchev–Trinajstić information content (AvgIpc) is 3.15. The SMILES string of the molecule is CCCCN(CCCC)CCCN1C(=O)C(=O)C(=C(O)c2ccccc2)[C@H]1c1cccc(OC)c1. The van der Waals surface area contributed by atoms with Gasteiger partial charge in [0.15, 0.2) is 0 Å². The minimum absolute atomic E-state index is 0.128. The van der Waals surface area contributed by atoms with Crippen LogP contribution in [0.5, 0.6) is 5.75 Å². The van der Waals surface area contributed by atoms with Crippen molar-refractivity contribution >= 4 is 17.4 Å². The molecule has 0 saturated carbocycles. The lowest BCUT2D eigenvalue weighted by Gasteiger charge is -2.27. The van der Waals surface area contributed by atoms with Crippen LogP contribution in [-0.2, 0) is 9.59 Å². The Hall–Kier alpha value is -3.12. The average molecular weight is 479 g/mol. The standard InChI is InChI=1S/C29H38N2O4/c1-4-6-17-30(18-7-5-2)19-12-20-31-26(23-15-11-16-24(21-23)35-3)25(28(33)29(31)34)27(32)22-13-9-8-10-14-22/h8-11,13-16,21,26,32H,4-7,12,17-20H2,1-3H3/t26-/m1/s1. The molecule has 1 fully saturated rings. The van der Waals surface area contributed by atoms with E-state index in [1.165, 1.54) is 0 Å². The highest BCUT2D eigenvalue weighted by Crippen LogP contribution is 2.40. The number of aliphatic hydroxyl groups is 1. The minimum Gasteiger partial charge on any atom is -0.507 e. The van der Waals surface area contributed by atoms with E-state index in [2.05, 4.69) is 18.7 Å². The summed E-state index contributed by atoms with van der Waals surface area (Å²) in [5, 5.41) is 11.1. The Labute approximate surface area is 209 Å². The highest BCUT2D eigenvalue weighted by molar-refractivity contribution is 6.46. The smallest absolute Gasteiger partial charge is 0.295 e. The van der Waals surface area contributed by atoms with Gasteiger partial charge in [0.05, 0.1) is 18.7 Å². The van der Waals surface area contributed by atoms with E-state index in [0.717, 1.165) is 57.3 Å². The molecule has 2 aromatic rings. The zero-order valence-electron chi connectivity index (χ0n) is 21.2. The largest absolute Gasteiger partial charge is 0.507 e. The number of likely N-dealkylation sites (tertiary alicyclic amines) is 1. The van der Waals surface area contributed by atoms with Crippen LogP contribution in [0.25, 0.3) is 5.76 Å². The summed E-state index contributed by atoms with van der Waals surface area (Å²) >= 11 is 0. The number of amides is 1. The lowest BCUT2D eigenvalue weighted by Crippen LogP contribution is -2.34. The summed E-state index contributed by atoms with van der Waals surface area (Å²) in [5.41, 5.74) is 1.39. The molecule has 0 aliphatic carbocycles. The Kier molecular flexibility index (Phi) is 9.91. The number of hydrogen-bond acceptors (Lipinski definition) is 5. The lowest BCUT2D eigenvalue weighted by molar-refractivity contribution is -0.140. The maximum Gasteiger partial charge on any atom is 0.295 e. The van der Waals surface area contributed by atoms with E-state index >= 15 is 0 Å². The predicted octanol–water partition coefficient (Wildman–Crippen LogP) is 5.41. The van der Waals surface area contributed by atoms with Crippen LogP contribution in [0, 0.1) is 0 Å². The first kappa shape index (κ1) is 26.5. The molecule has 6 nitrogen and oxygen atoms in total. The summed E-state index contributed by atoms with van der Waals surface area (Å²) in [7, 11) is 1.58. The summed E-state index contributed by atoms with van der Waals surface area (Å²) in [6.07, 6.45) is 5.34. The number of benzene rings is 2. The van der Waals surface area contributed by atoms with Crippen LogP contribution >= 0.6 is 0 Å². The summed E-state index contributed by atoms with van der Waals surface area (Å²) in [4.78, 5) is 30.5. The second-order valence-corrected chi connectivity index (χ2v) is 9.04. The van der Waals surface area contributed by atoms with Gasteiger partial charge in [-0.05, 0) is 56.6 Å². The second kappa shape index (κ2) is 13.1. The molecule has 1 N–H and O–H groups in total. The summed E-state index contributed by atoms with van der Waals surface area (Å²) in [6.45, 7) is 7.78. The molecule has 0 spiro atoms. The van der Waals surface area contributed by atoms with Gasteiger partial charge < -0.3 is 19.6 Å². The summed E-state index contributed by atoms with van der Waals surface area (Å²) in [5.74, 6) is -0.721. The third kappa shape index (κ3) is 6.51. The van der Waals surface area contributed by atoms with Gasteiger partial charge in [-0.15, -0.1) is 0 Å². The fourth-order valence-corrected chi connectivity index (χ4v) is 4.58. The third-order valence-corrected chi connectivity index (χ3v) is 6.53. The van der Waals surface area contributed by atoms with Gasteiger partial charge >= 0.3 is 0 Å². The zero-order valence-corrected chi connectivity index (χ0v) is 21.2. The highest BCUT2D eigenvalue weighted by Gasteiger charge is 2.45. The Balaban J connectivity index is 1.91. The van der Waals surface area contributed by atoms with E-state index in [4.69, 9.17) is 4.74 Å². The number of rotatable bonds is 13. The van der Waals surface area contributed by atoms with Crippen LogP contribution in [0.3, 0.4) is 0 Å². The summed E-state index contributed by atoms with van der Waals surface area (Å²) in [6, 6.07) is 15.6.